The normalized spacial score (nSPS) is 11.4. The molecular formula is C16H16F3N3O. The number of carbonyl (C=O) groups is 1. The van der Waals surface area contributed by atoms with Gasteiger partial charge in [-0.2, -0.15) is 13.2 Å². The Morgan fingerprint density at radius 3 is 2.48 bits per heavy atom. The van der Waals surface area contributed by atoms with Gasteiger partial charge in [0.05, 0.1) is 5.56 Å². The number of amides is 1. The average Bonchev–Trinajstić information content (AvgIpc) is 2.46. The van der Waals surface area contributed by atoms with E-state index in [1.54, 1.807) is 6.07 Å². The summed E-state index contributed by atoms with van der Waals surface area (Å²) in [5.74, 6) is -0.340. The van der Waals surface area contributed by atoms with Crippen LogP contribution in [0, 0.1) is 0 Å². The van der Waals surface area contributed by atoms with E-state index in [1.165, 1.54) is 24.4 Å². The van der Waals surface area contributed by atoms with Crippen LogP contribution in [0.15, 0.2) is 42.6 Å². The van der Waals surface area contributed by atoms with E-state index < -0.39 is 11.7 Å². The smallest absolute Gasteiger partial charge is 0.355 e. The number of rotatable bonds is 4. The number of anilines is 2. The molecule has 0 radical (unpaired) electrons. The van der Waals surface area contributed by atoms with Crippen LogP contribution >= 0.6 is 0 Å². The Morgan fingerprint density at radius 2 is 1.83 bits per heavy atom. The van der Waals surface area contributed by atoms with E-state index in [0.717, 1.165) is 12.1 Å². The Balaban J connectivity index is 2.19. The van der Waals surface area contributed by atoms with Gasteiger partial charge in [0, 0.05) is 23.6 Å². The summed E-state index contributed by atoms with van der Waals surface area (Å²) in [6.45, 7) is 3.64. The van der Waals surface area contributed by atoms with Crippen LogP contribution in [0.25, 0.3) is 0 Å². The maximum Gasteiger partial charge on any atom is 0.416 e. The molecule has 1 aromatic carbocycles. The topological polar surface area (TPSA) is 54.0 Å². The van der Waals surface area contributed by atoms with Crippen molar-refractivity contribution in [3.05, 3.63) is 53.9 Å². The van der Waals surface area contributed by atoms with Crippen LogP contribution in [0.5, 0.6) is 0 Å². The lowest BCUT2D eigenvalue weighted by atomic mass is 10.2. The number of halogens is 3. The van der Waals surface area contributed by atoms with Crippen molar-refractivity contribution in [2.45, 2.75) is 26.1 Å². The number of alkyl halides is 3. The summed E-state index contributed by atoms with van der Waals surface area (Å²) < 4.78 is 38.1. The summed E-state index contributed by atoms with van der Waals surface area (Å²) in [6.07, 6.45) is -2.98. The molecule has 0 bridgehead atoms. The highest BCUT2D eigenvalue weighted by molar-refractivity contribution is 5.93. The molecule has 0 fully saturated rings. The molecular weight excluding hydrogens is 307 g/mol. The second-order valence-electron chi connectivity index (χ2n) is 5.26. The molecule has 4 nitrogen and oxygen atoms in total. The van der Waals surface area contributed by atoms with Gasteiger partial charge in [-0.3, -0.25) is 9.78 Å². The summed E-state index contributed by atoms with van der Waals surface area (Å²) in [5.41, 5.74) is 0.208. The summed E-state index contributed by atoms with van der Waals surface area (Å²) in [4.78, 5) is 15.9. The van der Waals surface area contributed by atoms with Gasteiger partial charge >= 0.3 is 6.18 Å². The third-order valence-corrected chi connectivity index (χ3v) is 2.89. The fourth-order valence-corrected chi connectivity index (χ4v) is 1.91. The first-order valence-corrected chi connectivity index (χ1v) is 6.97. The summed E-state index contributed by atoms with van der Waals surface area (Å²) in [7, 11) is 0. The lowest BCUT2D eigenvalue weighted by Gasteiger charge is -2.12. The van der Waals surface area contributed by atoms with Gasteiger partial charge in [0.15, 0.2) is 0 Å². The SMILES string of the molecule is CC(C)NC(=O)c1cc(Nc2cccc(C(F)(F)F)c2)ccn1. The van der Waals surface area contributed by atoms with Crippen molar-refractivity contribution in [2.24, 2.45) is 0 Å². The molecule has 7 heteroatoms. The number of pyridine rings is 1. The molecule has 1 heterocycles. The molecule has 0 saturated carbocycles. The second kappa shape index (κ2) is 6.68. The Labute approximate surface area is 131 Å². The van der Waals surface area contributed by atoms with Crippen molar-refractivity contribution in [2.75, 3.05) is 5.32 Å². The zero-order chi connectivity index (χ0) is 17.0. The number of hydrogen-bond donors (Lipinski definition) is 2. The number of nitrogens with zero attached hydrogens (tertiary/aromatic N) is 1. The van der Waals surface area contributed by atoms with Crippen LogP contribution in [0.1, 0.15) is 29.9 Å². The standard InChI is InChI=1S/C16H16F3N3O/c1-10(2)21-15(23)14-9-13(6-7-20-14)22-12-5-3-4-11(8-12)16(17,18)19/h3-10H,1-2H3,(H,20,22)(H,21,23). The van der Waals surface area contributed by atoms with Crippen LogP contribution in [-0.4, -0.2) is 16.9 Å². The van der Waals surface area contributed by atoms with E-state index in [0.29, 0.717) is 5.69 Å². The molecule has 2 N–H and O–H groups in total. The van der Waals surface area contributed by atoms with Gasteiger partial charge in [0.1, 0.15) is 5.69 Å². The highest BCUT2D eigenvalue weighted by Crippen LogP contribution is 2.31. The van der Waals surface area contributed by atoms with Gasteiger partial charge in [-0.15, -0.1) is 0 Å². The van der Waals surface area contributed by atoms with E-state index >= 15 is 0 Å². The molecule has 1 aromatic heterocycles. The van der Waals surface area contributed by atoms with Crippen molar-refractivity contribution in [3.63, 3.8) is 0 Å². The van der Waals surface area contributed by atoms with Crippen LogP contribution < -0.4 is 10.6 Å². The average molecular weight is 323 g/mol. The quantitative estimate of drug-likeness (QED) is 0.895. The van der Waals surface area contributed by atoms with Gasteiger partial charge in [0.2, 0.25) is 0 Å². The number of nitrogens with one attached hydrogen (secondary N) is 2. The molecule has 23 heavy (non-hydrogen) atoms. The molecule has 0 aliphatic rings. The van der Waals surface area contributed by atoms with Gasteiger partial charge in [-0.25, -0.2) is 0 Å². The number of benzene rings is 1. The minimum atomic E-state index is -4.40. The van der Waals surface area contributed by atoms with Crippen molar-refractivity contribution >= 4 is 17.3 Å². The summed E-state index contributed by atoms with van der Waals surface area (Å²) in [5, 5.41) is 5.55. The highest BCUT2D eigenvalue weighted by Gasteiger charge is 2.30. The summed E-state index contributed by atoms with van der Waals surface area (Å²) in [6, 6.07) is 7.87. The minimum Gasteiger partial charge on any atom is -0.355 e. The van der Waals surface area contributed by atoms with Crippen LogP contribution in [0.3, 0.4) is 0 Å². The zero-order valence-corrected chi connectivity index (χ0v) is 12.6. The third-order valence-electron chi connectivity index (χ3n) is 2.89. The Bertz CT molecular complexity index is 699. The molecule has 122 valence electrons. The first-order valence-electron chi connectivity index (χ1n) is 6.97. The fourth-order valence-electron chi connectivity index (χ4n) is 1.91. The number of hydrogen-bond acceptors (Lipinski definition) is 3. The molecule has 0 atom stereocenters. The van der Waals surface area contributed by atoms with Gasteiger partial charge in [0.25, 0.3) is 5.91 Å². The van der Waals surface area contributed by atoms with Crippen molar-refractivity contribution < 1.29 is 18.0 Å². The summed E-state index contributed by atoms with van der Waals surface area (Å²) >= 11 is 0. The monoisotopic (exact) mass is 323 g/mol. The van der Waals surface area contributed by atoms with E-state index in [4.69, 9.17) is 0 Å². The molecule has 2 rings (SSSR count). The predicted octanol–water partition coefficient (Wildman–Crippen LogP) is 3.98. The highest BCUT2D eigenvalue weighted by atomic mass is 19.4. The van der Waals surface area contributed by atoms with Gasteiger partial charge < -0.3 is 10.6 Å². The second-order valence-corrected chi connectivity index (χ2v) is 5.26. The maximum atomic E-state index is 12.7. The Morgan fingerprint density at radius 1 is 1.13 bits per heavy atom. The molecule has 0 aliphatic carbocycles. The first kappa shape index (κ1) is 16.8. The molecule has 0 aliphatic heterocycles. The maximum absolute atomic E-state index is 12.7. The lowest BCUT2D eigenvalue weighted by Crippen LogP contribution is -2.30. The van der Waals surface area contributed by atoms with Crippen molar-refractivity contribution in [3.8, 4) is 0 Å². The molecule has 0 saturated heterocycles. The molecule has 2 aromatic rings. The Hall–Kier alpha value is -2.57. The first-order chi connectivity index (χ1) is 10.8. The van der Waals surface area contributed by atoms with E-state index in [-0.39, 0.29) is 23.3 Å². The number of aromatic nitrogens is 1. The Kier molecular flexibility index (Phi) is 4.88. The van der Waals surface area contributed by atoms with Crippen molar-refractivity contribution in [1.82, 2.24) is 10.3 Å². The largest absolute Gasteiger partial charge is 0.416 e. The third kappa shape index (κ3) is 4.70. The number of carbonyl (C=O) groups excluding carboxylic acids is 1. The van der Waals surface area contributed by atoms with Crippen LogP contribution in [-0.2, 0) is 6.18 Å². The molecule has 0 spiro atoms. The zero-order valence-electron chi connectivity index (χ0n) is 12.6. The van der Waals surface area contributed by atoms with E-state index in [2.05, 4.69) is 15.6 Å². The van der Waals surface area contributed by atoms with Crippen LogP contribution in [0.2, 0.25) is 0 Å². The fraction of sp³-hybridized carbons (Fsp3) is 0.250. The van der Waals surface area contributed by atoms with Crippen molar-refractivity contribution in [1.29, 1.82) is 0 Å². The minimum absolute atomic E-state index is 0.0376. The van der Waals surface area contributed by atoms with Crippen LogP contribution in [0.4, 0.5) is 24.5 Å². The predicted molar refractivity (Wildman–Crippen MR) is 81.6 cm³/mol. The van der Waals surface area contributed by atoms with E-state index in [9.17, 15) is 18.0 Å². The lowest BCUT2D eigenvalue weighted by molar-refractivity contribution is -0.137. The molecule has 1 amide bonds. The van der Waals surface area contributed by atoms with E-state index in [1.807, 2.05) is 13.8 Å². The van der Waals surface area contributed by atoms with Gasteiger partial charge in [-0.1, -0.05) is 6.07 Å². The molecule has 0 unspecified atom stereocenters. The van der Waals surface area contributed by atoms with Gasteiger partial charge in [-0.05, 0) is 44.2 Å².